The molecule has 0 saturated carbocycles. The predicted octanol–water partition coefficient (Wildman–Crippen LogP) is 3.35. The second-order valence-electron chi connectivity index (χ2n) is 4.13. The van der Waals surface area contributed by atoms with Gasteiger partial charge < -0.3 is 9.64 Å². The molecule has 0 aliphatic carbocycles. The molecule has 94 valence electrons. The fraction of sp³-hybridized carbons (Fsp3) is 0.214. The highest BCUT2D eigenvalue weighted by Gasteiger charge is 2.33. The van der Waals surface area contributed by atoms with E-state index in [1.165, 1.54) is 0 Å². The molecule has 4 heteroatoms. The van der Waals surface area contributed by atoms with Gasteiger partial charge in [0.05, 0.1) is 18.4 Å². The summed E-state index contributed by atoms with van der Waals surface area (Å²) in [5, 5.41) is 0. The lowest BCUT2D eigenvalue weighted by Gasteiger charge is -2.13. The molecule has 1 aliphatic rings. The Morgan fingerprint density at radius 1 is 1.44 bits per heavy atom. The van der Waals surface area contributed by atoms with Gasteiger partial charge in [-0.2, -0.15) is 0 Å². The normalized spacial score (nSPS) is 16.7. The van der Waals surface area contributed by atoms with E-state index in [-0.39, 0.29) is 5.91 Å². The summed E-state index contributed by atoms with van der Waals surface area (Å²) in [6, 6.07) is 5.66. The van der Waals surface area contributed by atoms with Crippen LogP contribution in [0.4, 0.5) is 5.69 Å². The molecule has 0 saturated heterocycles. The third-order valence-corrected chi connectivity index (χ3v) is 3.72. The SMILES string of the molecule is C=C(Br)/C(C)=C1\C(=O)N(C)c2c(OC)cccc21. The molecule has 0 spiro atoms. The first kappa shape index (κ1) is 12.9. The summed E-state index contributed by atoms with van der Waals surface area (Å²) in [5.74, 6) is 0.666. The number of benzene rings is 1. The molecule has 2 rings (SSSR count). The van der Waals surface area contributed by atoms with Crippen molar-refractivity contribution in [1.29, 1.82) is 0 Å². The molecule has 1 amide bonds. The number of anilines is 1. The number of allylic oxidation sites excluding steroid dienone is 2. The van der Waals surface area contributed by atoms with Crippen molar-refractivity contribution in [3.8, 4) is 5.75 Å². The number of nitrogens with zero attached hydrogens (tertiary/aromatic N) is 1. The highest BCUT2D eigenvalue weighted by molar-refractivity contribution is 9.11. The third kappa shape index (κ3) is 1.77. The van der Waals surface area contributed by atoms with Crippen LogP contribution < -0.4 is 9.64 Å². The van der Waals surface area contributed by atoms with E-state index in [1.54, 1.807) is 19.1 Å². The summed E-state index contributed by atoms with van der Waals surface area (Å²) in [6.45, 7) is 5.71. The molecule has 1 aromatic rings. The van der Waals surface area contributed by atoms with Crippen molar-refractivity contribution in [3.05, 3.63) is 40.4 Å². The summed E-state index contributed by atoms with van der Waals surface area (Å²) >= 11 is 3.33. The van der Waals surface area contributed by atoms with Gasteiger partial charge in [-0.1, -0.05) is 34.6 Å². The zero-order valence-corrected chi connectivity index (χ0v) is 12.2. The number of hydrogen-bond donors (Lipinski definition) is 0. The molecule has 0 aromatic heterocycles. The Hall–Kier alpha value is -1.55. The summed E-state index contributed by atoms with van der Waals surface area (Å²) in [5.41, 5.74) is 3.22. The minimum atomic E-state index is -0.0346. The van der Waals surface area contributed by atoms with Gasteiger partial charge in [-0.15, -0.1) is 0 Å². The van der Waals surface area contributed by atoms with Crippen LogP contribution in [0, 0.1) is 0 Å². The van der Waals surface area contributed by atoms with E-state index in [1.807, 2.05) is 25.1 Å². The van der Waals surface area contributed by atoms with Gasteiger partial charge in [0.1, 0.15) is 5.75 Å². The van der Waals surface area contributed by atoms with Crippen LogP contribution in [0.3, 0.4) is 0 Å². The van der Waals surface area contributed by atoms with E-state index in [4.69, 9.17) is 4.74 Å². The fourth-order valence-corrected chi connectivity index (χ4v) is 2.32. The number of ether oxygens (including phenoxy) is 1. The first-order valence-corrected chi connectivity index (χ1v) is 6.29. The van der Waals surface area contributed by atoms with Crippen molar-refractivity contribution in [2.75, 3.05) is 19.1 Å². The van der Waals surface area contributed by atoms with Crippen LogP contribution in [-0.4, -0.2) is 20.1 Å². The minimum Gasteiger partial charge on any atom is -0.495 e. The fourth-order valence-electron chi connectivity index (χ4n) is 2.12. The lowest BCUT2D eigenvalue weighted by Crippen LogP contribution is -2.21. The van der Waals surface area contributed by atoms with Gasteiger partial charge in [0, 0.05) is 17.1 Å². The molecular weight excluding hydrogens is 294 g/mol. The monoisotopic (exact) mass is 307 g/mol. The van der Waals surface area contributed by atoms with Gasteiger partial charge >= 0.3 is 0 Å². The Balaban J connectivity index is 2.76. The van der Waals surface area contributed by atoms with Gasteiger partial charge in [-0.3, -0.25) is 4.79 Å². The number of methoxy groups -OCH3 is 1. The number of rotatable bonds is 2. The Labute approximate surface area is 115 Å². The Bertz CT molecular complexity index is 575. The lowest BCUT2D eigenvalue weighted by atomic mass is 10.0. The smallest absolute Gasteiger partial charge is 0.259 e. The van der Waals surface area contributed by atoms with Gasteiger partial charge in [-0.05, 0) is 18.6 Å². The third-order valence-electron chi connectivity index (χ3n) is 3.12. The van der Waals surface area contributed by atoms with Gasteiger partial charge in [-0.25, -0.2) is 0 Å². The van der Waals surface area contributed by atoms with E-state index in [2.05, 4.69) is 22.5 Å². The van der Waals surface area contributed by atoms with E-state index >= 15 is 0 Å². The van der Waals surface area contributed by atoms with Gasteiger partial charge in [0.25, 0.3) is 5.91 Å². The molecule has 1 aromatic carbocycles. The van der Waals surface area contributed by atoms with Crippen molar-refractivity contribution in [3.63, 3.8) is 0 Å². The number of likely N-dealkylation sites (N-methyl/N-ethyl adjacent to an activating group) is 1. The van der Waals surface area contributed by atoms with E-state index in [9.17, 15) is 4.79 Å². The van der Waals surface area contributed by atoms with E-state index in [0.29, 0.717) is 11.3 Å². The molecule has 0 bridgehead atoms. The summed E-state index contributed by atoms with van der Waals surface area (Å²) in [4.78, 5) is 13.9. The zero-order valence-electron chi connectivity index (χ0n) is 10.6. The predicted molar refractivity (Wildman–Crippen MR) is 77.1 cm³/mol. The van der Waals surface area contributed by atoms with Crippen molar-refractivity contribution < 1.29 is 9.53 Å². The minimum absolute atomic E-state index is 0.0346. The van der Waals surface area contributed by atoms with Crippen LogP contribution in [0.25, 0.3) is 5.57 Å². The van der Waals surface area contributed by atoms with Gasteiger partial charge in [0.15, 0.2) is 0 Å². The highest BCUT2D eigenvalue weighted by Crippen LogP contribution is 2.44. The van der Waals surface area contributed by atoms with E-state index in [0.717, 1.165) is 21.3 Å². The summed E-state index contributed by atoms with van der Waals surface area (Å²) in [7, 11) is 3.35. The number of amides is 1. The molecule has 1 heterocycles. The molecule has 18 heavy (non-hydrogen) atoms. The van der Waals surface area contributed by atoms with Crippen molar-refractivity contribution >= 4 is 33.1 Å². The molecule has 1 aliphatic heterocycles. The second-order valence-corrected chi connectivity index (χ2v) is 5.08. The number of carbonyl (C=O) groups excluding carboxylic acids is 1. The Morgan fingerprint density at radius 3 is 2.67 bits per heavy atom. The molecular formula is C14H14BrNO2. The second kappa shape index (κ2) is 4.61. The molecule has 0 radical (unpaired) electrons. The standard InChI is InChI=1S/C14H14BrNO2/c1-8(9(2)15)12-10-6-5-7-11(18-4)13(10)16(3)14(12)17/h5-7H,2H2,1,3-4H3/b12-8-. The van der Waals surface area contributed by atoms with Crippen LogP contribution in [0.15, 0.2) is 34.8 Å². The summed E-state index contributed by atoms with van der Waals surface area (Å²) < 4.78 is 6.03. The molecule has 0 fully saturated rings. The maximum atomic E-state index is 12.3. The Morgan fingerprint density at radius 2 is 2.11 bits per heavy atom. The summed E-state index contributed by atoms with van der Waals surface area (Å²) in [6.07, 6.45) is 0. The highest BCUT2D eigenvalue weighted by atomic mass is 79.9. The molecule has 0 N–H and O–H groups in total. The van der Waals surface area contributed by atoms with Crippen molar-refractivity contribution in [2.24, 2.45) is 0 Å². The van der Waals surface area contributed by atoms with Crippen molar-refractivity contribution in [2.45, 2.75) is 6.92 Å². The van der Waals surface area contributed by atoms with E-state index < -0.39 is 0 Å². The Kier molecular flexibility index (Phi) is 3.30. The largest absolute Gasteiger partial charge is 0.495 e. The number of fused-ring (bicyclic) bond motifs is 1. The first-order chi connectivity index (χ1) is 8.49. The first-order valence-electron chi connectivity index (χ1n) is 5.50. The number of para-hydroxylation sites is 1. The zero-order chi connectivity index (χ0) is 13.4. The number of carbonyl (C=O) groups is 1. The maximum absolute atomic E-state index is 12.3. The molecule has 0 atom stereocenters. The maximum Gasteiger partial charge on any atom is 0.259 e. The molecule has 0 unspecified atom stereocenters. The quantitative estimate of drug-likeness (QED) is 0.784. The average Bonchev–Trinajstić information content (AvgIpc) is 2.61. The lowest BCUT2D eigenvalue weighted by molar-refractivity contribution is -0.112. The number of hydrogen-bond acceptors (Lipinski definition) is 2. The van der Waals surface area contributed by atoms with Crippen LogP contribution in [0.5, 0.6) is 5.75 Å². The van der Waals surface area contributed by atoms with Crippen LogP contribution in [0.2, 0.25) is 0 Å². The average molecular weight is 308 g/mol. The molecule has 3 nitrogen and oxygen atoms in total. The number of halogens is 1. The van der Waals surface area contributed by atoms with Crippen LogP contribution >= 0.6 is 15.9 Å². The van der Waals surface area contributed by atoms with Crippen LogP contribution in [0.1, 0.15) is 12.5 Å². The van der Waals surface area contributed by atoms with Crippen molar-refractivity contribution in [1.82, 2.24) is 0 Å². The van der Waals surface area contributed by atoms with Crippen LogP contribution in [-0.2, 0) is 4.79 Å². The topological polar surface area (TPSA) is 29.5 Å². The van der Waals surface area contributed by atoms with Gasteiger partial charge in [0.2, 0.25) is 0 Å².